The lowest BCUT2D eigenvalue weighted by Gasteiger charge is -2.28. The highest BCUT2D eigenvalue weighted by Gasteiger charge is 2.29. The first-order valence-electron chi connectivity index (χ1n) is 8.46. The highest BCUT2D eigenvalue weighted by atomic mass is 32.2. The normalized spacial score (nSPS) is 12.1. The Morgan fingerprint density at radius 1 is 1.18 bits per heavy atom. The highest BCUT2D eigenvalue weighted by Crippen LogP contribution is 2.22. The van der Waals surface area contributed by atoms with Gasteiger partial charge in [0.25, 0.3) is 0 Å². The van der Waals surface area contributed by atoms with Crippen LogP contribution in [0.2, 0.25) is 0 Å². The largest absolute Gasteiger partial charge is 0.462 e. The molecule has 0 aliphatic heterocycles. The molecule has 1 amide bonds. The number of carbonyl (C=O) groups is 2. The molecule has 9 heteroatoms. The fourth-order valence-electron chi connectivity index (χ4n) is 2.57. The number of amides is 1. The van der Waals surface area contributed by atoms with Gasteiger partial charge in [0, 0.05) is 5.69 Å². The maximum Gasteiger partial charge on any atom is 0.338 e. The van der Waals surface area contributed by atoms with Gasteiger partial charge in [-0.3, -0.25) is 9.10 Å². The molecule has 0 bridgehead atoms. The Kier molecular flexibility index (Phi) is 6.74. The quantitative estimate of drug-likeness (QED) is 0.711. The zero-order valence-electron chi connectivity index (χ0n) is 15.7. The Morgan fingerprint density at radius 2 is 1.82 bits per heavy atom. The Balaban J connectivity index is 2.20. The molecule has 0 radical (unpaired) electrons. The lowest BCUT2D eigenvalue weighted by molar-refractivity contribution is -0.116. The van der Waals surface area contributed by atoms with E-state index >= 15 is 0 Å². The smallest absolute Gasteiger partial charge is 0.338 e. The minimum Gasteiger partial charge on any atom is -0.462 e. The molecule has 2 aromatic carbocycles. The van der Waals surface area contributed by atoms with Gasteiger partial charge < -0.3 is 10.1 Å². The Morgan fingerprint density at radius 3 is 2.36 bits per heavy atom. The number of rotatable bonds is 7. The van der Waals surface area contributed by atoms with Crippen molar-refractivity contribution in [3.8, 4) is 0 Å². The zero-order valence-corrected chi connectivity index (χ0v) is 16.5. The molecule has 0 aliphatic carbocycles. The van der Waals surface area contributed by atoms with Crippen molar-refractivity contribution in [1.29, 1.82) is 0 Å². The number of nitrogens with zero attached hydrogens (tertiary/aromatic N) is 1. The van der Waals surface area contributed by atoms with Crippen molar-refractivity contribution in [3.05, 3.63) is 59.9 Å². The van der Waals surface area contributed by atoms with Crippen LogP contribution in [-0.2, 0) is 19.6 Å². The summed E-state index contributed by atoms with van der Waals surface area (Å²) < 4.78 is 43.6. The van der Waals surface area contributed by atoms with Crippen molar-refractivity contribution in [2.75, 3.05) is 22.5 Å². The number of hydrogen-bond donors (Lipinski definition) is 1. The van der Waals surface area contributed by atoms with E-state index in [1.54, 1.807) is 6.92 Å². The minimum absolute atomic E-state index is 0.0443. The monoisotopic (exact) mass is 408 g/mol. The van der Waals surface area contributed by atoms with Crippen LogP contribution in [0.3, 0.4) is 0 Å². The molecule has 2 aromatic rings. The summed E-state index contributed by atoms with van der Waals surface area (Å²) in [5.41, 5.74) is 0.742. The van der Waals surface area contributed by atoms with Crippen molar-refractivity contribution < 1.29 is 27.1 Å². The summed E-state index contributed by atoms with van der Waals surface area (Å²) >= 11 is 0. The third-order valence-electron chi connectivity index (χ3n) is 3.81. The SMILES string of the molecule is CCOC(=O)c1ccc(NC(=O)C(C)N(c2cccc(F)c2)S(C)(=O)=O)cc1. The number of carbonyl (C=O) groups excluding carboxylic acids is 2. The van der Waals surface area contributed by atoms with Crippen LogP contribution in [0.1, 0.15) is 24.2 Å². The topological polar surface area (TPSA) is 92.8 Å². The lowest BCUT2D eigenvalue weighted by Crippen LogP contribution is -2.45. The van der Waals surface area contributed by atoms with Crippen LogP contribution in [0.25, 0.3) is 0 Å². The number of esters is 1. The van der Waals surface area contributed by atoms with E-state index in [-0.39, 0.29) is 12.3 Å². The number of benzene rings is 2. The van der Waals surface area contributed by atoms with Crippen molar-refractivity contribution >= 4 is 33.3 Å². The number of sulfonamides is 1. The summed E-state index contributed by atoms with van der Waals surface area (Å²) in [6.07, 6.45) is 0.940. The van der Waals surface area contributed by atoms with Gasteiger partial charge in [0.2, 0.25) is 15.9 Å². The van der Waals surface area contributed by atoms with Gasteiger partial charge in [-0.2, -0.15) is 0 Å². The van der Waals surface area contributed by atoms with Crippen molar-refractivity contribution in [2.24, 2.45) is 0 Å². The van der Waals surface area contributed by atoms with E-state index in [2.05, 4.69) is 5.32 Å². The molecule has 1 unspecified atom stereocenters. The van der Waals surface area contributed by atoms with Gasteiger partial charge in [-0.05, 0) is 56.3 Å². The summed E-state index contributed by atoms with van der Waals surface area (Å²) in [5.74, 6) is -1.71. The average molecular weight is 408 g/mol. The summed E-state index contributed by atoms with van der Waals surface area (Å²) in [4.78, 5) is 24.2. The molecule has 1 N–H and O–H groups in total. The van der Waals surface area contributed by atoms with Crippen LogP contribution in [-0.4, -0.2) is 39.2 Å². The van der Waals surface area contributed by atoms with E-state index in [9.17, 15) is 22.4 Å². The van der Waals surface area contributed by atoms with Crippen LogP contribution >= 0.6 is 0 Å². The number of nitrogens with one attached hydrogen (secondary N) is 1. The van der Waals surface area contributed by atoms with Gasteiger partial charge in [0.15, 0.2) is 0 Å². The molecular weight excluding hydrogens is 387 g/mol. The first-order chi connectivity index (χ1) is 13.1. The van der Waals surface area contributed by atoms with Gasteiger partial charge in [0.1, 0.15) is 11.9 Å². The van der Waals surface area contributed by atoms with Gasteiger partial charge >= 0.3 is 5.97 Å². The number of ether oxygens (including phenoxy) is 1. The number of halogens is 1. The molecule has 1 atom stereocenters. The molecule has 0 aliphatic rings. The van der Waals surface area contributed by atoms with Gasteiger partial charge in [0.05, 0.1) is 24.1 Å². The molecule has 7 nitrogen and oxygen atoms in total. The summed E-state index contributed by atoms with van der Waals surface area (Å²) in [6, 6.07) is 9.83. The average Bonchev–Trinajstić information content (AvgIpc) is 2.61. The highest BCUT2D eigenvalue weighted by molar-refractivity contribution is 7.92. The molecule has 0 heterocycles. The number of hydrogen-bond acceptors (Lipinski definition) is 5. The number of anilines is 2. The molecule has 0 aromatic heterocycles. The molecule has 0 spiro atoms. The second-order valence-corrected chi connectivity index (χ2v) is 7.86. The van der Waals surface area contributed by atoms with Gasteiger partial charge in [-0.25, -0.2) is 17.6 Å². The van der Waals surface area contributed by atoms with E-state index in [1.807, 2.05) is 0 Å². The molecule has 2 rings (SSSR count). The molecular formula is C19H21FN2O5S. The van der Waals surface area contributed by atoms with Crippen molar-refractivity contribution in [3.63, 3.8) is 0 Å². The first kappa shape index (κ1) is 21.4. The third-order valence-corrected chi connectivity index (χ3v) is 5.06. The molecule has 0 saturated heterocycles. The second-order valence-electron chi connectivity index (χ2n) is 6.00. The maximum atomic E-state index is 13.5. The lowest BCUT2D eigenvalue weighted by atomic mass is 10.2. The van der Waals surface area contributed by atoms with E-state index < -0.39 is 33.8 Å². The van der Waals surface area contributed by atoms with Crippen molar-refractivity contribution in [2.45, 2.75) is 19.9 Å². The predicted molar refractivity (Wildman–Crippen MR) is 104 cm³/mol. The fourth-order valence-corrected chi connectivity index (χ4v) is 3.74. The fraction of sp³-hybridized carbons (Fsp3) is 0.263. The third kappa shape index (κ3) is 5.29. The van der Waals surface area contributed by atoms with Crippen LogP contribution in [0.4, 0.5) is 15.8 Å². The van der Waals surface area contributed by atoms with E-state index in [1.165, 1.54) is 49.4 Å². The summed E-state index contributed by atoms with van der Waals surface area (Å²) in [5, 5.41) is 2.59. The van der Waals surface area contributed by atoms with E-state index in [4.69, 9.17) is 4.74 Å². The molecule has 150 valence electrons. The second kappa shape index (κ2) is 8.83. The molecule has 28 heavy (non-hydrogen) atoms. The Bertz CT molecular complexity index is 961. The van der Waals surface area contributed by atoms with Crippen LogP contribution in [0, 0.1) is 5.82 Å². The van der Waals surface area contributed by atoms with Crippen LogP contribution in [0.15, 0.2) is 48.5 Å². The van der Waals surface area contributed by atoms with Gasteiger partial charge in [-0.15, -0.1) is 0 Å². The standard InChI is InChI=1S/C19H21FN2O5S/c1-4-27-19(24)14-8-10-16(11-9-14)21-18(23)13(2)22(28(3,25)26)17-7-5-6-15(20)12-17/h5-13H,4H2,1-3H3,(H,21,23). The van der Waals surface area contributed by atoms with Gasteiger partial charge in [-0.1, -0.05) is 6.07 Å². The Hall–Kier alpha value is -2.94. The first-order valence-corrected chi connectivity index (χ1v) is 10.3. The molecule has 0 fully saturated rings. The Labute approximate surface area is 163 Å². The summed E-state index contributed by atoms with van der Waals surface area (Å²) in [6.45, 7) is 3.34. The van der Waals surface area contributed by atoms with Crippen LogP contribution < -0.4 is 9.62 Å². The van der Waals surface area contributed by atoms with E-state index in [0.29, 0.717) is 11.3 Å². The van der Waals surface area contributed by atoms with E-state index in [0.717, 1.165) is 16.6 Å². The van der Waals surface area contributed by atoms with Crippen LogP contribution in [0.5, 0.6) is 0 Å². The summed E-state index contributed by atoms with van der Waals surface area (Å²) in [7, 11) is -3.85. The zero-order chi connectivity index (χ0) is 20.9. The maximum absolute atomic E-state index is 13.5. The minimum atomic E-state index is -3.85. The molecule has 0 saturated carbocycles. The predicted octanol–water partition coefficient (Wildman–Crippen LogP) is 2.80. The van der Waals surface area contributed by atoms with Crippen molar-refractivity contribution in [1.82, 2.24) is 0 Å².